The van der Waals surface area contributed by atoms with Crippen molar-refractivity contribution in [2.45, 2.75) is 19.5 Å². The SMILES string of the molecule is Cc1cc(Cl)c(CC(F)C(=O)Nc2scc(-c3ccc(Br)cc3)c2C(=O)O)cc1F. The molecule has 2 aromatic carbocycles. The molecule has 9 heteroatoms. The fraction of sp³-hybridized carbons (Fsp3) is 0.143. The molecule has 1 amide bonds. The van der Waals surface area contributed by atoms with Crippen molar-refractivity contribution in [3.8, 4) is 11.1 Å². The van der Waals surface area contributed by atoms with Crippen LogP contribution in [0.2, 0.25) is 5.02 Å². The van der Waals surface area contributed by atoms with Crippen molar-refractivity contribution in [3.63, 3.8) is 0 Å². The van der Waals surface area contributed by atoms with Gasteiger partial charge < -0.3 is 10.4 Å². The van der Waals surface area contributed by atoms with Gasteiger partial charge in [0, 0.05) is 26.9 Å². The number of carbonyl (C=O) groups is 2. The number of anilines is 1. The maximum Gasteiger partial charge on any atom is 0.339 e. The number of halogens is 4. The number of rotatable bonds is 6. The number of carboxylic acid groups (broad SMARTS) is 1. The minimum atomic E-state index is -2.04. The second kappa shape index (κ2) is 9.24. The summed E-state index contributed by atoms with van der Waals surface area (Å²) >= 11 is 10.3. The van der Waals surface area contributed by atoms with Crippen molar-refractivity contribution in [1.82, 2.24) is 0 Å². The van der Waals surface area contributed by atoms with Crippen LogP contribution in [0.15, 0.2) is 46.3 Å². The number of carbonyl (C=O) groups excluding carboxylic acids is 1. The Labute approximate surface area is 188 Å². The largest absolute Gasteiger partial charge is 0.478 e. The molecule has 1 heterocycles. The molecule has 0 radical (unpaired) electrons. The van der Waals surface area contributed by atoms with Gasteiger partial charge in [-0.05, 0) is 47.9 Å². The van der Waals surface area contributed by atoms with E-state index in [-0.39, 0.29) is 21.2 Å². The third-order valence-electron chi connectivity index (χ3n) is 4.41. The lowest BCUT2D eigenvalue weighted by Gasteiger charge is -2.11. The first kappa shape index (κ1) is 22.4. The summed E-state index contributed by atoms with van der Waals surface area (Å²) in [6.45, 7) is 1.53. The van der Waals surface area contributed by atoms with Crippen LogP contribution in [0.3, 0.4) is 0 Å². The van der Waals surface area contributed by atoms with E-state index in [4.69, 9.17) is 11.6 Å². The van der Waals surface area contributed by atoms with Crippen molar-refractivity contribution in [3.05, 3.63) is 73.8 Å². The predicted molar refractivity (Wildman–Crippen MR) is 118 cm³/mol. The van der Waals surface area contributed by atoms with Gasteiger partial charge in [-0.1, -0.05) is 39.7 Å². The van der Waals surface area contributed by atoms with Crippen LogP contribution in [0.1, 0.15) is 21.5 Å². The van der Waals surface area contributed by atoms with E-state index in [9.17, 15) is 23.5 Å². The molecule has 1 aromatic heterocycles. The van der Waals surface area contributed by atoms with Crippen LogP contribution in [-0.4, -0.2) is 23.2 Å². The first-order valence-electron chi connectivity index (χ1n) is 8.67. The number of benzene rings is 2. The predicted octanol–water partition coefficient (Wildman–Crippen LogP) is 6.50. The summed E-state index contributed by atoms with van der Waals surface area (Å²) in [5, 5.41) is 13.7. The second-order valence-electron chi connectivity index (χ2n) is 6.52. The number of carboxylic acids is 1. The van der Waals surface area contributed by atoms with E-state index in [0.717, 1.165) is 21.9 Å². The van der Waals surface area contributed by atoms with Crippen LogP contribution < -0.4 is 5.32 Å². The minimum absolute atomic E-state index is 0.0225. The highest BCUT2D eigenvalue weighted by Crippen LogP contribution is 2.36. The summed E-state index contributed by atoms with van der Waals surface area (Å²) in [5.74, 6) is -2.82. The molecular formula is C21H15BrClF2NO3S. The zero-order valence-electron chi connectivity index (χ0n) is 15.5. The Morgan fingerprint density at radius 2 is 1.93 bits per heavy atom. The lowest BCUT2D eigenvalue weighted by Crippen LogP contribution is -2.26. The maximum absolute atomic E-state index is 14.5. The van der Waals surface area contributed by atoms with Gasteiger partial charge in [0.25, 0.3) is 5.91 Å². The number of alkyl halides is 1. The molecule has 2 N–H and O–H groups in total. The number of thiophene rings is 1. The van der Waals surface area contributed by atoms with Crippen LogP contribution in [0, 0.1) is 12.7 Å². The fourth-order valence-corrected chi connectivity index (χ4v) is 4.35. The average molecular weight is 515 g/mol. The number of aromatic carboxylic acids is 1. The van der Waals surface area contributed by atoms with Crippen molar-refractivity contribution in [1.29, 1.82) is 0 Å². The lowest BCUT2D eigenvalue weighted by molar-refractivity contribution is -0.120. The molecule has 4 nitrogen and oxygen atoms in total. The summed E-state index contributed by atoms with van der Waals surface area (Å²) < 4.78 is 29.1. The van der Waals surface area contributed by atoms with Crippen LogP contribution in [0.25, 0.3) is 11.1 Å². The van der Waals surface area contributed by atoms with Crippen molar-refractivity contribution < 1.29 is 23.5 Å². The van der Waals surface area contributed by atoms with Gasteiger partial charge in [0.2, 0.25) is 0 Å². The van der Waals surface area contributed by atoms with Crippen LogP contribution >= 0.6 is 38.9 Å². The van der Waals surface area contributed by atoms with Gasteiger partial charge in [-0.15, -0.1) is 11.3 Å². The molecule has 0 aliphatic rings. The van der Waals surface area contributed by atoms with Crippen molar-refractivity contribution >= 4 is 55.7 Å². The molecule has 0 fully saturated rings. The normalized spacial score (nSPS) is 11.9. The van der Waals surface area contributed by atoms with E-state index in [0.29, 0.717) is 16.7 Å². The molecule has 0 saturated carbocycles. The summed E-state index contributed by atoms with van der Waals surface area (Å²) in [6, 6.07) is 9.45. The van der Waals surface area contributed by atoms with E-state index in [2.05, 4.69) is 21.2 Å². The number of hydrogen-bond acceptors (Lipinski definition) is 3. The van der Waals surface area contributed by atoms with Crippen LogP contribution in [0.5, 0.6) is 0 Å². The Hall–Kier alpha value is -2.29. The molecule has 0 spiro atoms. The number of hydrogen-bond donors (Lipinski definition) is 2. The molecule has 3 rings (SSSR count). The third-order valence-corrected chi connectivity index (χ3v) is 6.18. The standard InChI is InChI=1S/C21H15BrClF2NO3S/c1-10-6-15(23)12(7-16(10)24)8-17(25)19(27)26-20-18(21(28)29)14(9-30-20)11-2-4-13(22)5-3-11/h2-7,9,17H,8H2,1H3,(H,26,27)(H,28,29). The lowest BCUT2D eigenvalue weighted by atomic mass is 10.0. The van der Waals surface area contributed by atoms with E-state index < -0.39 is 30.3 Å². The zero-order chi connectivity index (χ0) is 22.0. The third kappa shape index (κ3) is 4.88. The zero-order valence-corrected chi connectivity index (χ0v) is 18.7. The van der Waals surface area contributed by atoms with Gasteiger partial charge in [0.15, 0.2) is 6.17 Å². The average Bonchev–Trinajstić information content (AvgIpc) is 3.10. The van der Waals surface area contributed by atoms with E-state index in [1.54, 1.807) is 29.6 Å². The smallest absolute Gasteiger partial charge is 0.339 e. The highest BCUT2D eigenvalue weighted by Gasteiger charge is 2.25. The van der Waals surface area contributed by atoms with Crippen LogP contribution in [-0.2, 0) is 11.2 Å². The number of aryl methyl sites for hydroxylation is 1. The first-order chi connectivity index (χ1) is 14.2. The quantitative estimate of drug-likeness (QED) is 0.395. The molecule has 1 unspecified atom stereocenters. The van der Waals surface area contributed by atoms with Crippen molar-refractivity contribution in [2.75, 3.05) is 5.32 Å². The van der Waals surface area contributed by atoms with Gasteiger partial charge in [-0.3, -0.25) is 4.79 Å². The molecule has 30 heavy (non-hydrogen) atoms. The molecule has 0 bridgehead atoms. The highest BCUT2D eigenvalue weighted by molar-refractivity contribution is 9.10. The molecule has 156 valence electrons. The van der Waals surface area contributed by atoms with Crippen LogP contribution in [0.4, 0.5) is 13.8 Å². The first-order valence-corrected chi connectivity index (χ1v) is 10.7. The molecule has 0 aliphatic carbocycles. The Balaban J connectivity index is 1.82. The Morgan fingerprint density at radius 3 is 2.57 bits per heavy atom. The van der Waals surface area contributed by atoms with E-state index >= 15 is 0 Å². The monoisotopic (exact) mass is 513 g/mol. The number of amides is 1. The molecule has 0 saturated heterocycles. The summed E-state index contributed by atoms with van der Waals surface area (Å²) in [5.41, 5.74) is 1.40. The molecule has 0 aliphatic heterocycles. The van der Waals surface area contributed by atoms with Gasteiger partial charge in [0.1, 0.15) is 16.4 Å². The van der Waals surface area contributed by atoms with Gasteiger partial charge in [-0.25, -0.2) is 13.6 Å². The van der Waals surface area contributed by atoms with Gasteiger partial charge in [0.05, 0.1) is 0 Å². The maximum atomic E-state index is 14.5. The minimum Gasteiger partial charge on any atom is -0.478 e. The summed E-state index contributed by atoms with van der Waals surface area (Å²) in [4.78, 5) is 24.1. The Morgan fingerprint density at radius 1 is 1.27 bits per heavy atom. The molecule has 3 aromatic rings. The Bertz CT molecular complexity index is 1120. The summed E-state index contributed by atoms with van der Waals surface area (Å²) in [6.07, 6.45) is -2.47. The molecule has 1 atom stereocenters. The summed E-state index contributed by atoms with van der Waals surface area (Å²) in [7, 11) is 0. The van der Waals surface area contributed by atoms with E-state index in [1.807, 2.05) is 0 Å². The van der Waals surface area contributed by atoms with Crippen molar-refractivity contribution in [2.24, 2.45) is 0 Å². The second-order valence-corrected chi connectivity index (χ2v) is 8.72. The van der Waals surface area contributed by atoms with Gasteiger partial charge >= 0.3 is 5.97 Å². The van der Waals surface area contributed by atoms with Gasteiger partial charge in [-0.2, -0.15) is 0 Å². The fourth-order valence-electron chi connectivity index (χ4n) is 2.82. The highest BCUT2D eigenvalue weighted by atomic mass is 79.9. The Kier molecular flexibility index (Phi) is 6.90. The van der Waals surface area contributed by atoms with E-state index in [1.165, 1.54) is 13.0 Å². The molecular weight excluding hydrogens is 500 g/mol. The number of nitrogens with one attached hydrogen (secondary N) is 1. The topological polar surface area (TPSA) is 66.4 Å².